The van der Waals surface area contributed by atoms with Crippen molar-refractivity contribution >= 4 is 15.8 Å². The summed E-state index contributed by atoms with van der Waals surface area (Å²) in [6, 6.07) is 6.19. The van der Waals surface area contributed by atoms with Gasteiger partial charge >= 0.3 is 0 Å². The van der Waals surface area contributed by atoms with Crippen LogP contribution >= 0.6 is 0 Å². The van der Waals surface area contributed by atoms with Crippen molar-refractivity contribution in [3.05, 3.63) is 41.7 Å². The minimum Gasteiger partial charge on any atom is -0.384 e. The fourth-order valence-corrected chi connectivity index (χ4v) is 2.83. The monoisotopic (exact) mass is 292 g/mol. The SMILES string of the molecule is Cc1ccc(C#CCO)cc1S(=O)(=O)Nc1ccon1. The number of hydrogen-bond donors (Lipinski definition) is 2. The number of benzene rings is 1. The van der Waals surface area contributed by atoms with E-state index in [0.717, 1.165) is 0 Å². The quantitative estimate of drug-likeness (QED) is 0.827. The van der Waals surface area contributed by atoms with E-state index in [1.165, 1.54) is 18.4 Å². The number of aliphatic hydroxyl groups is 1. The third-order valence-electron chi connectivity index (χ3n) is 2.47. The summed E-state index contributed by atoms with van der Waals surface area (Å²) in [4.78, 5) is 0.102. The molecule has 0 saturated carbocycles. The predicted octanol–water partition coefficient (Wildman–Crippen LogP) is 1.13. The van der Waals surface area contributed by atoms with E-state index in [-0.39, 0.29) is 17.3 Å². The Morgan fingerprint density at radius 3 is 2.85 bits per heavy atom. The number of aliphatic hydroxyl groups excluding tert-OH is 1. The minimum atomic E-state index is -3.76. The molecule has 0 aliphatic rings. The molecular formula is C13H12N2O4S. The van der Waals surface area contributed by atoms with Gasteiger partial charge in [-0.2, -0.15) is 0 Å². The van der Waals surface area contributed by atoms with Gasteiger partial charge in [-0.3, -0.25) is 4.72 Å². The molecule has 0 aliphatic heterocycles. The molecule has 1 aromatic heterocycles. The van der Waals surface area contributed by atoms with Crippen molar-refractivity contribution < 1.29 is 18.0 Å². The number of rotatable bonds is 3. The smallest absolute Gasteiger partial charge is 0.263 e. The Hall–Kier alpha value is -2.30. The molecule has 0 aliphatic carbocycles. The van der Waals surface area contributed by atoms with E-state index < -0.39 is 10.0 Å². The van der Waals surface area contributed by atoms with Crippen LogP contribution in [0.4, 0.5) is 5.82 Å². The van der Waals surface area contributed by atoms with Crippen LogP contribution in [-0.4, -0.2) is 25.3 Å². The van der Waals surface area contributed by atoms with Gasteiger partial charge in [0.05, 0.1) is 4.90 Å². The summed E-state index contributed by atoms with van der Waals surface area (Å²) in [5.74, 6) is 5.25. The zero-order valence-corrected chi connectivity index (χ0v) is 11.4. The molecule has 6 nitrogen and oxygen atoms in total. The normalized spacial score (nSPS) is 10.7. The summed E-state index contributed by atoms with van der Waals surface area (Å²) in [6.07, 6.45) is 1.27. The van der Waals surface area contributed by atoms with Gasteiger partial charge in [-0.1, -0.05) is 23.1 Å². The molecule has 1 heterocycles. The Balaban J connectivity index is 2.40. The van der Waals surface area contributed by atoms with Gasteiger partial charge in [-0.15, -0.1) is 0 Å². The number of hydrogen-bond acceptors (Lipinski definition) is 5. The van der Waals surface area contributed by atoms with Gasteiger partial charge in [0.25, 0.3) is 10.0 Å². The fraction of sp³-hybridized carbons (Fsp3) is 0.154. The van der Waals surface area contributed by atoms with Crippen LogP contribution in [0.15, 0.2) is 39.9 Å². The molecule has 2 N–H and O–H groups in total. The maximum atomic E-state index is 12.3. The van der Waals surface area contributed by atoms with Crippen LogP contribution < -0.4 is 4.72 Å². The van der Waals surface area contributed by atoms with Crippen LogP contribution in [0, 0.1) is 18.8 Å². The maximum absolute atomic E-state index is 12.3. The lowest BCUT2D eigenvalue weighted by Gasteiger charge is -2.08. The van der Waals surface area contributed by atoms with Gasteiger partial charge < -0.3 is 9.63 Å². The standard InChI is InChI=1S/C13H12N2O4S/c1-10-4-5-11(3-2-7-16)9-12(10)20(17,18)15-13-6-8-19-14-13/h4-6,8-9,16H,7H2,1H3,(H,14,15). The fourth-order valence-electron chi connectivity index (χ4n) is 1.57. The Morgan fingerprint density at radius 2 is 2.20 bits per heavy atom. The lowest BCUT2D eigenvalue weighted by Crippen LogP contribution is -2.14. The van der Waals surface area contributed by atoms with Crippen molar-refractivity contribution in [2.75, 3.05) is 11.3 Å². The maximum Gasteiger partial charge on any atom is 0.263 e. The minimum absolute atomic E-state index is 0.102. The highest BCUT2D eigenvalue weighted by atomic mass is 32.2. The molecule has 0 bridgehead atoms. The van der Waals surface area contributed by atoms with Gasteiger partial charge in [-0.05, 0) is 24.6 Å². The summed E-state index contributed by atoms with van der Waals surface area (Å²) >= 11 is 0. The summed E-state index contributed by atoms with van der Waals surface area (Å²) < 4.78 is 31.4. The average molecular weight is 292 g/mol. The third-order valence-corrected chi connectivity index (χ3v) is 3.96. The molecule has 0 fully saturated rings. The van der Waals surface area contributed by atoms with Gasteiger partial charge in [-0.25, -0.2) is 8.42 Å². The molecule has 104 valence electrons. The zero-order chi connectivity index (χ0) is 14.6. The molecule has 2 rings (SSSR count). The van der Waals surface area contributed by atoms with Crippen LogP contribution in [0.25, 0.3) is 0 Å². The number of sulfonamides is 1. The van der Waals surface area contributed by atoms with E-state index in [0.29, 0.717) is 11.1 Å². The molecule has 0 unspecified atom stereocenters. The van der Waals surface area contributed by atoms with Crippen LogP contribution in [0.1, 0.15) is 11.1 Å². The summed E-state index contributed by atoms with van der Waals surface area (Å²) in [6.45, 7) is 1.40. The topological polar surface area (TPSA) is 92.4 Å². The summed E-state index contributed by atoms with van der Waals surface area (Å²) in [5.41, 5.74) is 1.08. The Morgan fingerprint density at radius 1 is 1.40 bits per heavy atom. The first-order valence-corrected chi connectivity index (χ1v) is 7.15. The van der Waals surface area contributed by atoms with E-state index >= 15 is 0 Å². The molecule has 7 heteroatoms. The van der Waals surface area contributed by atoms with Gasteiger partial charge in [0.1, 0.15) is 12.9 Å². The molecule has 0 saturated heterocycles. The van der Waals surface area contributed by atoms with E-state index in [1.54, 1.807) is 19.1 Å². The third kappa shape index (κ3) is 3.17. The lowest BCUT2D eigenvalue weighted by molar-refractivity contribution is 0.350. The highest BCUT2D eigenvalue weighted by Gasteiger charge is 2.18. The van der Waals surface area contributed by atoms with Crippen molar-refractivity contribution in [3.8, 4) is 11.8 Å². The number of nitrogens with zero attached hydrogens (tertiary/aromatic N) is 1. The number of anilines is 1. The number of aromatic nitrogens is 1. The van der Waals surface area contributed by atoms with E-state index in [2.05, 4.69) is 26.2 Å². The van der Waals surface area contributed by atoms with Crippen molar-refractivity contribution in [2.24, 2.45) is 0 Å². The second-order valence-electron chi connectivity index (χ2n) is 3.93. The molecule has 2 aromatic rings. The van der Waals surface area contributed by atoms with Crippen LogP contribution in [0.3, 0.4) is 0 Å². The second-order valence-corrected chi connectivity index (χ2v) is 5.58. The zero-order valence-electron chi connectivity index (χ0n) is 10.6. The summed E-state index contributed by atoms with van der Waals surface area (Å²) in [7, 11) is -3.76. The van der Waals surface area contributed by atoms with Crippen LogP contribution in [0.5, 0.6) is 0 Å². The van der Waals surface area contributed by atoms with Crippen molar-refractivity contribution in [2.45, 2.75) is 11.8 Å². The van der Waals surface area contributed by atoms with Gasteiger partial charge in [0, 0.05) is 11.6 Å². The van der Waals surface area contributed by atoms with Crippen molar-refractivity contribution in [3.63, 3.8) is 0 Å². The lowest BCUT2D eigenvalue weighted by atomic mass is 10.1. The molecule has 0 amide bonds. The van der Waals surface area contributed by atoms with Gasteiger partial charge in [0.15, 0.2) is 5.82 Å². The molecule has 20 heavy (non-hydrogen) atoms. The predicted molar refractivity (Wildman–Crippen MR) is 72.5 cm³/mol. The number of aryl methyl sites for hydroxylation is 1. The van der Waals surface area contributed by atoms with Crippen molar-refractivity contribution in [1.82, 2.24) is 5.16 Å². The molecule has 0 atom stereocenters. The molecule has 1 aromatic carbocycles. The molecule has 0 radical (unpaired) electrons. The second kappa shape index (κ2) is 5.77. The first kappa shape index (κ1) is 14.1. The van der Waals surface area contributed by atoms with Crippen molar-refractivity contribution in [1.29, 1.82) is 0 Å². The molecule has 0 spiro atoms. The average Bonchev–Trinajstić information content (AvgIpc) is 2.89. The Labute approximate surface area is 116 Å². The van der Waals surface area contributed by atoms with E-state index in [1.807, 2.05) is 0 Å². The highest BCUT2D eigenvalue weighted by Crippen LogP contribution is 2.19. The first-order valence-electron chi connectivity index (χ1n) is 5.66. The molecular weight excluding hydrogens is 280 g/mol. The summed E-state index contributed by atoms with van der Waals surface area (Å²) in [5, 5.41) is 12.2. The largest absolute Gasteiger partial charge is 0.384 e. The van der Waals surface area contributed by atoms with E-state index in [4.69, 9.17) is 5.11 Å². The van der Waals surface area contributed by atoms with Crippen LogP contribution in [0.2, 0.25) is 0 Å². The first-order chi connectivity index (χ1) is 9.53. The number of nitrogens with one attached hydrogen (secondary N) is 1. The Bertz CT molecular complexity index is 755. The Kier molecular flexibility index (Phi) is 4.08. The van der Waals surface area contributed by atoms with E-state index in [9.17, 15) is 8.42 Å². The highest BCUT2D eigenvalue weighted by molar-refractivity contribution is 7.92. The van der Waals surface area contributed by atoms with Crippen LogP contribution in [-0.2, 0) is 10.0 Å². The van der Waals surface area contributed by atoms with Gasteiger partial charge in [0.2, 0.25) is 0 Å².